The van der Waals surface area contributed by atoms with E-state index in [1.807, 2.05) is 48.5 Å². The number of ether oxygens (including phenoxy) is 1. The maximum absolute atomic E-state index is 13.0. The van der Waals surface area contributed by atoms with Crippen LogP contribution in [-0.2, 0) is 14.3 Å². The third kappa shape index (κ3) is 8.64. The van der Waals surface area contributed by atoms with Gasteiger partial charge in [0.15, 0.2) is 0 Å². The fourth-order valence-corrected chi connectivity index (χ4v) is 3.68. The molecule has 6 nitrogen and oxygen atoms in total. The predicted molar refractivity (Wildman–Crippen MR) is 140 cm³/mol. The SMILES string of the molecule is CCOC(=O)/C=C/CSc1ccc(NC(=O)/C(=C/c2ccccc2)NC(=O)c2ccccc2)cc1. The smallest absolute Gasteiger partial charge is 0.330 e. The van der Waals surface area contributed by atoms with E-state index in [9.17, 15) is 14.4 Å². The zero-order valence-electron chi connectivity index (χ0n) is 19.3. The number of anilines is 1. The molecule has 7 heteroatoms. The van der Waals surface area contributed by atoms with Gasteiger partial charge < -0.3 is 15.4 Å². The van der Waals surface area contributed by atoms with Crippen LogP contribution in [-0.4, -0.2) is 30.1 Å². The number of benzene rings is 3. The highest BCUT2D eigenvalue weighted by molar-refractivity contribution is 7.99. The Labute approximate surface area is 209 Å². The van der Waals surface area contributed by atoms with Gasteiger partial charge in [-0.1, -0.05) is 54.6 Å². The van der Waals surface area contributed by atoms with Crippen LogP contribution in [0.3, 0.4) is 0 Å². The van der Waals surface area contributed by atoms with Crippen LogP contribution in [0.1, 0.15) is 22.8 Å². The zero-order valence-corrected chi connectivity index (χ0v) is 20.1. The van der Waals surface area contributed by atoms with Gasteiger partial charge in [0.25, 0.3) is 11.8 Å². The summed E-state index contributed by atoms with van der Waals surface area (Å²) in [4.78, 5) is 38.0. The standard InChI is InChI=1S/C28H26N2O4S/c1-2-34-26(31)14-9-19-35-24-17-15-23(16-18-24)29-28(33)25(20-21-10-5-3-6-11-21)30-27(32)22-12-7-4-8-13-22/h3-18,20H,2,19H2,1H3,(H,29,33)(H,30,32)/b14-9+,25-20-. The number of thioether (sulfide) groups is 1. The zero-order chi connectivity index (χ0) is 24.9. The van der Waals surface area contributed by atoms with Crippen LogP contribution in [0.15, 0.2) is 108 Å². The summed E-state index contributed by atoms with van der Waals surface area (Å²) in [5.74, 6) is -0.550. The first kappa shape index (κ1) is 25.5. The minimum atomic E-state index is -0.434. The fourth-order valence-electron chi connectivity index (χ4n) is 2.97. The molecule has 0 atom stereocenters. The molecule has 0 saturated carbocycles. The molecule has 0 unspecified atom stereocenters. The third-order valence-corrected chi connectivity index (χ3v) is 5.60. The van der Waals surface area contributed by atoms with Crippen LogP contribution in [0.5, 0.6) is 0 Å². The number of nitrogens with one attached hydrogen (secondary N) is 2. The van der Waals surface area contributed by atoms with Crippen LogP contribution in [0, 0.1) is 0 Å². The number of carbonyl (C=O) groups excluding carboxylic acids is 3. The first-order chi connectivity index (χ1) is 17.0. The van der Waals surface area contributed by atoms with Gasteiger partial charge in [0.05, 0.1) is 6.61 Å². The summed E-state index contributed by atoms with van der Waals surface area (Å²) in [6.07, 6.45) is 4.79. The molecule has 0 aromatic heterocycles. The number of hydrogen-bond acceptors (Lipinski definition) is 5. The van der Waals surface area contributed by atoms with Gasteiger partial charge in [0, 0.05) is 28.0 Å². The molecule has 0 aliphatic heterocycles. The minimum Gasteiger partial charge on any atom is -0.463 e. The summed E-state index contributed by atoms with van der Waals surface area (Å²) in [7, 11) is 0. The lowest BCUT2D eigenvalue weighted by Crippen LogP contribution is -2.30. The molecule has 3 aromatic carbocycles. The second-order valence-corrected chi connectivity index (χ2v) is 8.33. The normalized spacial score (nSPS) is 11.2. The number of esters is 1. The fraction of sp³-hybridized carbons (Fsp3) is 0.107. The van der Waals surface area contributed by atoms with Gasteiger partial charge in [-0.05, 0) is 55.0 Å². The minimum absolute atomic E-state index is 0.132. The van der Waals surface area contributed by atoms with Gasteiger partial charge in [0.1, 0.15) is 5.70 Å². The highest BCUT2D eigenvalue weighted by atomic mass is 32.2. The first-order valence-electron chi connectivity index (χ1n) is 11.1. The van der Waals surface area contributed by atoms with Crippen molar-refractivity contribution in [2.75, 3.05) is 17.7 Å². The van der Waals surface area contributed by atoms with Crippen LogP contribution < -0.4 is 10.6 Å². The highest BCUT2D eigenvalue weighted by Crippen LogP contribution is 2.21. The van der Waals surface area contributed by atoms with E-state index in [-0.39, 0.29) is 17.6 Å². The molecule has 0 bridgehead atoms. The highest BCUT2D eigenvalue weighted by Gasteiger charge is 2.15. The van der Waals surface area contributed by atoms with Crippen molar-refractivity contribution in [1.29, 1.82) is 0 Å². The first-order valence-corrected chi connectivity index (χ1v) is 12.0. The summed E-state index contributed by atoms with van der Waals surface area (Å²) in [6, 6.07) is 25.4. The molecular weight excluding hydrogens is 460 g/mol. The molecule has 0 radical (unpaired) electrons. The summed E-state index contributed by atoms with van der Waals surface area (Å²) < 4.78 is 4.85. The van der Waals surface area contributed by atoms with Gasteiger partial charge in [0.2, 0.25) is 0 Å². The number of hydrogen-bond donors (Lipinski definition) is 2. The maximum atomic E-state index is 13.0. The molecule has 3 aromatic rings. The van der Waals surface area contributed by atoms with Crippen molar-refractivity contribution in [3.05, 3.63) is 114 Å². The molecule has 0 aliphatic rings. The molecule has 3 rings (SSSR count). The second kappa shape index (κ2) is 13.6. The molecule has 0 fully saturated rings. The van der Waals surface area contributed by atoms with Gasteiger partial charge >= 0.3 is 5.97 Å². The van der Waals surface area contributed by atoms with Crippen molar-refractivity contribution in [2.45, 2.75) is 11.8 Å². The summed E-state index contributed by atoms with van der Waals surface area (Å²) >= 11 is 1.55. The average Bonchev–Trinajstić information content (AvgIpc) is 2.88. The second-order valence-electron chi connectivity index (χ2n) is 7.23. The van der Waals surface area contributed by atoms with E-state index in [4.69, 9.17) is 4.74 Å². The van der Waals surface area contributed by atoms with E-state index in [1.165, 1.54) is 6.08 Å². The molecule has 0 spiro atoms. The molecule has 2 N–H and O–H groups in total. The van der Waals surface area contributed by atoms with Crippen LogP contribution in [0.2, 0.25) is 0 Å². The summed E-state index contributed by atoms with van der Waals surface area (Å²) in [6.45, 7) is 2.11. The van der Waals surface area contributed by atoms with E-state index in [0.29, 0.717) is 23.6 Å². The van der Waals surface area contributed by atoms with E-state index in [1.54, 1.807) is 67.2 Å². The summed E-state index contributed by atoms with van der Waals surface area (Å²) in [5, 5.41) is 5.56. The molecule has 35 heavy (non-hydrogen) atoms. The van der Waals surface area contributed by atoms with Gasteiger partial charge in [-0.2, -0.15) is 0 Å². The average molecular weight is 487 g/mol. The Morgan fingerprint density at radius 3 is 2.20 bits per heavy atom. The van der Waals surface area contributed by atoms with E-state index in [0.717, 1.165) is 10.5 Å². The lowest BCUT2D eigenvalue weighted by molar-refractivity contribution is -0.137. The number of rotatable bonds is 10. The van der Waals surface area contributed by atoms with E-state index < -0.39 is 5.91 Å². The van der Waals surface area contributed by atoms with Crippen LogP contribution >= 0.6 is 11.8 Å². The van der Waals surface area contributed by atoms with Crippen molar-refractivity contribution < 1.29 is 19.1 Å². The molecule has 2 amide bonds. The topological polar surface area (TPSA) is 84.5 Å². The van der Waals surface area contributed by atoms with E-state index >= 15 is 0 Å². The molecule has 178 valence electrons. The van der Waals surface area contributed by atoms with Crippen LogP contribution in [0.4, 0.5) is 5.69 Å². The Morgan fingerprint density at radius 1 is 0.886 bits per heavy atom. The van der Waals surface area contributed by atoms with Crippen molar-refractivity contribution in [3.63, 3.8) is 0 Å². The molecule has 0 heterocycles. The van der Waals surface area contributed by atoms with Gasteiger partial charge in [-0.15, -0.1) is 11.8 Å². The molecule has 0 aliphatic carbocycles. The Kier molecular flexibility index (Phi) is 9.89. The maximum Gasteiger partial charge on any atom is 0.330 e. The monoisotopic (exact) mass is 486 g/mol. The van der Waals surface area contributed by atoms with Gasteiger partial charge in [-0.25, -0.2) is 4.79 Å². The quantitative estimate of drug-likeness (QED) is 0.231. The Balaban J connectivity index is 1.66. The Morgan fingerprint density at radius 2 is 1.54 bits per heavy atom. The van der Waals surface area contributed by atoms with E-state index in [2.05, 4.69) is 10.6 Å². The third-order valence-electron chi connectivity index (χ3n) is 4.64. The van der Waals surface area contributed by atoms with Crippen molar-refractivity contribution in [3.8, 4) is 0 Å². The molecular formula is C28H26N2O4S. The summed E-state index contributed by atoms with van der Waals surface area (Å²) in [5.41, 5.74) is 1.97. The van der Waals surface area contributed by atoms with Gasteiger partial charge in [-0.3, -0.25) is 9.59 Å². The largest absolute Gasteiger partial charge is 0.463 e. The number of carbonyl (C=O) groups is 3. The molecule has 0 saturated heterocycles. The van der Waals surface area contributed by atoms with Crippen molar-refractivity contribution in [1.82, 2.24) is 5.32 Å². The Bertz CT molecular complexity index is 1190. The Hall–Kier alpha value is -4.10. The number of amides is 2. The lowest BCUT2D eigenvalue weighted by atomic mass is 10.1. The predicted octanol–water partition coefficient (Wildman–Crippen LogP) is 5.31. The lowest BCUT2D eigenvalue weighted by Gasteiger charge is -2.12. The van der Waals surface area contributed by atoms with Crippen molar-refractivity contribution >= 4 is 41.3 Å². The van der Waals surface area contributed by atoms with Crippen LogP contribution in [0.25, 0.3) is 6.08 Å². The van der Waals surface area contributed by atoms with Crippen molar-refractivity contribution in [2.24, 2.45) is 0 Å².